The van der Waals surface area contributed by atoms with Gasteiger partial charge in [-0.15, -0.1) is 0 Å². The van der Waals surface area contributed by atoms with Crippen LogP contribution in [0.5, 0.6) is 5.75 Å². The van der Waals surface area contributed by atoms with Gasteiger partial charge in [0, 0.05) is 18.9 Å². The Balaban J connectivity index is 1.89. The molecular formula is C17H16N4O2. The number of aryl methyl sites for hydroxylation is 1. The van der Waals surface area contributed by atoms with Gasteiger partial charge in [-0.1, -0.05) is 0 Å². The highest BCUT2D eigenvalue weighted by molar-refractivity contribution is 6.07. The average molecular weight is 308 g/mol. The van der Waals surface area contributed by atoms with Gasteiger partial charge in [0.25, 0.3) is 5.91 Å². The van der Waals surface area contributed by atoms with Gasteiger partial charge < -0.3 is 14.6 Å². The fourth-order valence-corrected chi connectivity index (χ4v) is 2.25. The number of rotatable bonds is 4. The van der Waals surface area contributed by atoms with Crippen LogP contribution in [-0.2, 0) is 7.05 Å². The number of amides is 1. The summed E-state index contributed by atoms with van der Waals surface area (Å²) >= 11 is 0. The fourth-order valence-electron chi connectivity index (χ4n) is 2.25. The Morgan fingerprint density at radius 1 is 1.22 bits per heavy atom. The zero-order valence-electron chi connectivity index (χ0n) is 12.9. The molecule has 0 unspecified atom stereocenters. The van der Waals surface area contributed by atoms with E-state index >= 15 is 0 Å². The first-order chi connectivity index (χ1) is 11.2. The van der Waals surface area contributed by atoms with Crippen molar-refractivity contribution in [3.63, 3.8) is 0 Å². The second kappa shape index (κ2) is 6.31. The topological polar surface area (TPSA) is 69.0 Å². The van der Waals surface area contributed by atoms with Crippen LogP contribution < -0.4 is 10.1 Å². The summed E-state index contributed by atoms with van der Waals surface area (Å²) in [5.41, 5.74) is 2.56. The van der Waals surface area contributed by atoms with Crippen LogP contribution in [0.15, 0.2) is 55.1 Å². The maximum atomic E-state index is 12.6. The number of methoxy groups -OCH3 is 1. The first-order valence-corrected chi connectivity index (χ1v) is 7.06. The van der Waals surface area contributed by atoms with Gasteiger partial charge in [0.05, 0.1) is 30.9 Å². The highest BCUT2D eigenvalue weighted by Crippen LogP contribution is 2.22. The first kappa shape index (κ1) is 14.8. The number of nitrogens with one attached hydrogen (secondary N) is 1. The molecule has 0 bridgehead atoms. The van der Waals surface area contributed by atoms with Crippen LogP contribution in [0.4, 0.5) is 5.69 Å². The third kappa shape index (κ3) is 3.06. The Morgan fingerprint density at radius 3 is 2.65 bits per heavy atom. The van der Waals surface area contributed by atoms with E-state index in [0.29, 0.717) is 16.9 Å². The van der Waals surface area contributed by atoms with Gasteiger partial charge in [0.1, 0.15) is 11.4 Å². The molecule has 23 heavy (non-hydrogen) atoms. The van der Waals surface area contributed by atoms with Crippen LogP contribution in [-0.4, -0.2) is 27.6 Å². The predicted molar refractivity (Wildman–Crippen MR) is 87.4 cm³/mol. The molecular weight excluding hydrogens is 292 g/mol. The van der Waals surface area contributed by atoms with E-state index in [0.717, 1.165) is 11.4 Å². The van der Waals surface area contributed by atoms with Crippen LogP contribution in [0.1, 0.15) is 10.4 Å². The number of aromatic nitrogens is 3. The molecule has 6 heteroatoms. The van der Waals surface area contributed by atoms with Crippen molar-refractivity contribution < 1.29 is 9.53 Å². The molecule has 0 atom stereocenters. The van der Waals surface area contributed by atoms with E-state index in [2.05, 4.69) is 15.3 Å². The van der Waals surface area contributed by atoms with Gasteiger partial charge in [-0.2, -0.15) is 0 Å². The molecule has 0 aliphatic rings. The Labute approximate surface area is 133 Å². The minimum absolute atomic E-state index is 0.223. The van der Waals surface area contributed by atoms with E-state index in [9.17, 15) is 4.79 Å². The molecule has 0 aliphatic heterocycles. The quantitative estimate of drug-likeness (QED) is 0.804. The predicted octanol–water partition coefficient (Wildman–Crippen LogP) is 2.74. The summed E-state index contributed by atoms with van der Waals surface area (Å²) in [5.74, 6) is 0.513. The molecule has 0 radical (unpaired) electrons. The molecule has 2 heterocycles. The van der Waals surface area contributed by atoms with E-state index in [4.69, 9.17) is 4.74 Å². The molecule has 0 spiro atoms. The lowest BCUT2D eigenvalue weighted by Gasteiger charge is -2.10. The second-order valence-corrected chi connectivity index (χ2v) is 4.97. The van der Waals surface area contributed by atoms with Crippen molar-refractivity contribution in [1.82, 2.24) is 14.5 Å². The maximum absolute atomic E-state index is 12.6. The average Bonchev–Trinajstić information content (AvgIpc) is 3.01. The minimum Gasteiger partial charge on any atom is -0.497 e. The highest BCUT2D eigenvalue weighted by atomic mass is 16.5. The number of pyridine rings is 1. The maximum Gasteiger partial charge on any atom is 0.257 e. The Kier molecular flexibility index (Phi) is 4.05. The van der Waals surface area contributed by atoms with Crippen LogP contribution in [0, 0.1) is 0 Å². The molecule has 0 aliphatic carbocycles. The number of hydrogen-bond acceptors (Lipinski definition) is 4. The molecule has 0 fully saturated rings. The lowest BCUT2D eigenvalue weighted by Crippen LogP contribution is -2.14. The van der Waals surface area contributed by atoms with Crippen molar-refractivity contribution >= 4 is 11.6 Å². The van der Waals surface area contributed by atoms with E-state index in [1.165, 1.54) is 0 Å². The van der Waals surface area contributed by atoms with Gasteiger partial charge in [0.2, 0.25) is 0 Å². The zero-order valence-corrected chi connectivity index (χ0v) is 12.9. The van der Waals surface area contributed by atoms with Gasteiger partial charge in [-0.05, 0) is 36.4 Å². The standard InChI is InChI=1S/C17H16N4O2/c1-21-11-18-10-15(21)16-14(4-3-9-19-16)17(22)20-12-5-7-13(23-2)8-6-12/h3-11H,1-2H3,(H,20,22). The molecule has 0 saturated heterocycles. The summed E-state index contributed by atoms with van der Waals surface area (Å²) in [4.78, 5) is 21.0. The molecule has 116 valence electrons. The SMILES string of the molecule is COc1ccc(NC(=O)c2cccnc2-c2cncn2C)cc1. The van der Waals surface area contributed by atoms with Crippen molar-refractivity contribution in [1.29, 1.82) is 0 Å². The number of benzene rings is 1. The second-order valence-electron chi connectivity index (χ2n) is 4.97. The Bertz CT molecular complexity index is 825. The lowest BCUT2D eigenvalue weighted by atomic mass is 10.1. The highest BCUT2D eigenvalue weighted by Gasteiger charge is 2.16. The third-order valence-electron chi connectivity index (χ3n) is 3.46. The smallest absolute Gasteiger partial charge is 0.257 e. The van der Waals surface area contributed by atoms with Crippen molar-refractivity contribution in [2.24, 2.45) is 7.05 Å². The molecule has 1 amide bonds. The van der Waals surface area contributed by atoms with Crippen molar-refractivity contribution in [3.05, 3.63) is 60.7 Å². The lowest BCUT2D eigenvalue weighted by molar-refractivity contribution is 0.102. The number of imidazole rings is 1. The summed E-state index contributed by atoms with van der Waals surface area (Å²) in [6.45, 7) is 0. The molecule has 0 saturated carbocycles. The number of anilines is 1. The van der Waals surface area contributed by atoms with Crippen LogP contribution >= 0.6 is 0 Å². The Morgan fingerprint density at radius 2 is 2.00 bits per heavy atom. The molecule has 1 N–H and O–H groups in total. The summed E-state index contributed by atoms with van der Waals surface area (Å²) in [5, 5.41) is 2.87. The van der Waals surface area contributed by atoms with Crippen molar-refractivity contribution in [3.8, 4) is 17.1 Å². The number of ether oxygens (including phenoxy) is 1. The molecule has 6 nitrogen and oxygen atoms in total. The van der Waals surface area contributed by atoms with Gasteiger partial charge in [-0.3, -0.25) is 9.78 Å². The molecule has 3 rings (SSSR count). The molecule has 3 aromatic rings. The third-order valence-corrected chi connectivity index (χ3v) is 3.46. The summed E-state index contributed by atoms with van der Waals surface area (Å²) in [6, 6.07) is 10.6. The summed E-state index contributed by atoms with van der Waals surface area (Å²) in [7, 11) is 3.46. The number of carbonyl (C=O) groups excluding carboxylic acids is 1. The summed E-state index contributed by atoms with van der Waals surface area (Å²) in [6.07, 6.45) is 5.02. The van der Waals surface area contributed by atoms with Crippen LogP contribution in [0.2, 0.25) is 0 Å². The number of hydrogen-bond donors (Lipinski definition) is 1. The van der Waals surface area contributed by atoms with Gasteiger partial charge >= 0.3 is 0 Å². The number of carbonyl (C=O) groups is 1. The summed E-state index contributed by atoms with van der Waals surface area (Å²) < 4.78 is 6.93. The van der Waals surface area contributed by atoms with E-state index in [-0.39, 0.29) is 5.91 Å². The fraction of sp³-hybridized carbons (Fsp3) is 0.118. The van der Waals surface area contributed by atoms with E-state index in [1.54, 1.807) is 62.2 Å². The van der Waals surface area contributed by atoms with Crippen LogP contribution in [0.25, 0.3) is 11.4 Å². The van der Waals surface area contributed by atoms with Crippen LogP contribution in [0.3, 0.4) is 0 Å². The zero-order chi connectivity index (χ0) is 16.2. The van der Waals surface area contributed by atoms with E-state index in [1.807, 2.05) is 11.6 Å². The van der Waals surface area contributed by atoms with Gasteiger partial charge in [0.15, 0.2) is 0 Å². The molecule has 2 aromatic heterocycles. The first-order valence-electron chi connectivity index (χ1n) is 7.06. The van der Waals surface area contributed by atoms with Crippen molar-refractivity contribution in [2.45, 2.75) is 0 Å². The van der Waals surface area contributed by atoms with Gasteiger partial charge in [-0.25, -0.2) is 4.98 Å². The normalized spacial score (nSPS) is 10.3. The minimum atomic E-state index is -0.223. The van der Waals surface area contributed by atoms with Crippen molar-refractivity contribution in [2.75, 3.05) is 12.4 Å². The van der Waals surface area contributed by atoms with E-state index < -0.39 is 0 Å². The monoisotopic (exact) mass is 308 g/mol. The molecule has 1 aromatic carbocycles. The Hall–Kier alpha value is -3.15. The number of nitrogens with zero attached hydrogens (tertiary/aromatic N) is 3. The largest absolute Gasteiger partial charge is 0.497 e.